The van der Waals surface area contributed by atoms with Gasteiger partial charge in [0.05, 0.1) is 10.1 Å². The largest absolute Gasteiger partial charge is 0.347 e. The molecule has 3 rings (SSSR count). The molecule has 1 aromatic rings. The van der Waals surface area contributed by atoms with Crippen molar-refractivity contribution in [2.75, 3.05) is 31.5 Å². The van der Waals surface area contributed by atoms with Crippen LogP contribution in [-0.2, 0) is 19.4 Å². The molecule has 8 heteroatoms. The number of sulfone groups is 1. The number of hydrogen-bond acceptors (Lipinski definition) is 5. The number of amides is 2. The molecule has 2 aliphatic rings. The number of anilines is 1. The Morgan fingerprint density at radius 2 is 1.86 bits per heavy atom. The molecule has 1 saturated carbocycles. The van der Waals surface area contributed by atoms with Gasteiger partial charge in [-0.2, -0.15) is 0 Å². The Hall–Kier alpha value is -1.93. The second-order valence-electron chi connectivity index (χ2n) is 8.24. The number of likely N-dealkylation sites (tertiary alicyclic amines) is 1. The Balaban J connectivity index is 1.51. The topological polar surface area (TPSA) is 95.6 Å². The summed E-state index contributed by atoms with van der Waals surface area (Å²) in [5, 5.41) is 4.80. The van der Waals surface area contributed by atoms with Crippen molar-refractivity contribution in [2.24, 2.45) is 5.92 Å². The lowest BCUT2D eigenvalue weighted by Crippen LogP contribution is -2.42. The summed E-state index contributed by atoms with van der Waals surface area (Å²) in [6, 6.07) is 6.16. The number of rotatable bonds is 6. The van der Waals surface area contributed by atoms with Crippen molar-refractivity contribution in [2.45, 2.75) is 55.6 Å². The minimum Gasteiger partial charge on any atom is -0.347 e. The van der Waals surface area contributed by atoms with E-state index in [9.17, 15) is 18.0 Å². The number of piperidine rings is 1. The molecule has 7 nitrogen and oxygen atoms in total. The van der Waals surface area contributed by atoms with Gasteiger partial charge < -0.3 is 15.5 Å². The summed E-state index contributed by atoms with van der Waals surface area (Å²) in [6.45, 7) is 5.39. The zero-order valence-corrected chi connectivity index (χ0v) is 17.8. The summed E-state index contributed by atoms with van der Waals surface area (Å²) in [6.07, 6.45) is 5.61. The Kier molecular flexibility index (Phi) is 7.29. The van der Waals surface area contributed by atoms with E-state index in [0.29, 0.717) is 31.0 Å². The minimum absolute atomic E-state index is 0.196. The summed E-state index contributed by atoms with van der Waals surface area (Å²) < 4.78 is 25.4. The molecule has 1 atom stereocenters. The molecule has 0 bridgehead atoms. The van der Waals surface area contributed by atoms with Crippen molar-refractivity contribution in [3.63, 3.8) is 0 Å². The van der Waals surface area contributed by atoms with E-state index < -0.39 is 21.7 Å². The van der Waals surface area contributed by atoms with Crippen molar-refractivity contribution in [1.29, 1.82) is 0 Å². The van der Waals surface area contributed by atoms with E-state index in [4.69, 9.17) is 0 Å². The highest BCUT2D eigenvalue weighted by Gasteiger charge is 2.30. The third kappa shape index (κ3) is 5.79. The first-order valence-corrected chi connectivity index (χ1v) is 12.1. The minimum atomic E-state index is -3.41. The lowest BCUT2D eigenvalue weighted by atomic mass is 10.0. The van der Waals surface area contributed by atoms with Crippen molar-refractivity contribution in [3.8, 4) is 0 Å². The van der Waals surface area contributed by atoms with Crippen molar-refractivity contribution in [3.05, 3.63) is 24.3 Å². The van der Waals surface area contributed by atoms with Crippen LogP contribution in [0.15, 0.2) is 29.2 Å². The quantitative estimate of drug-likeness (QED) is 0.687. The van der Waals surface area contributed by atoms with Gasteiger partial charge in [0.25, 0.3) is 0 Å². The third-order valence-electron chi connectivity index (χ3n) is 5.82. The first kappa shape index (κ1) is 21.8. The van der Waals surface area contributed by atoms with E-state index in [2.05, 4.69) is 22.5 Å². The van der Waals surface area contributed by atoms with E-state index in [1.807, 2.05) is 0 Å². The van der Waals surface area contributed by atoms with Gasteiger partial charge in [-0.25, -0.2) is 8.42 Å². The van der Waals surface area contributed by atoms with Crippen LogP contribution in [0.25, 0.3) is 0 Å². The fourth-order valence-electron chi connectivity index (χ4n) is 4.23. The van der Waals surface area contributed by atoms with Crippen molar-refractivity contribution < 1.29 is 18.0 Å². The van der Waals surface area contributed by atoms with Gasteiger partial charge in [0.15, 0.2) is 9.84 Å². The van der Waals surface area contributed by atoms with Crippen LogP contribution in [0.4, 0.5) is 5.69 Å². The highest BCUT2D eigenvalue weighted by molar-refractivity contribution is 7.92. The molecule has 29 heavy (non-hydrogen) atoms. The lowest BCUT2D eigenvalue weighted by Gasteiger charge is -2.30. The second kappa shape index (κ2) is 9.71. The van der Waals surface area contributed by atoms with Gasteiger partial charge in [-0.15, -0.1) is 0 Å². The first-order chi connectivity index (χ1) is 13.9. The number of benzene rings is 1. The SMILES string of the molecule is C[C@@H]1CCCN(CCNC(=O)C(=O)Nc2cccc(S(=O)(=O)C3CCCC3)c2)C1. The van der Waals surface area contributed by atoms with Gasteiger partial charge in [-0.3, -0.25) is 9.59 Å². The van der Waals surface area contributed by atoms with Crippen LogP contribution in [0.1, 0.15) is 45.4 Å². The highest BCUT2D eigenvalue weighted by atomic mass is 32.2. The summed E-state index contributed by atoms with van der Waals surface area (Å²) in [5.41, 5.74) is 0.314. The first-order valence-electron chi connectivity index (χ1n) is 10.5. The average molecular weight is 422 g/mol. The maximum atomic E-state index is 12.7. The number of hydrogen-bond donors (Lipinski definition) is 2. The molecule has 1 aromatic carbocycles. The zero-order chi connectivity index (χ0) is 20.9. The number of carbonyl (C=O) groups excluding carboxylic acids is 2. The van der Waals surface area contributed by atoms with Crippen LogP contribution in [0, 0.1) is 5.92 Å². The average Bonchev–Trinajstić information content (AvgIpc) is 3.24. The van der Waals surface area contributed by atoms with Gasteiger partial charge in [0, 0.05) is 25.3 Å². The number of nitrogens with zero attached hydrogens (tertiary/aromatic N) is 1. The predicted octanol–water partition coefficient (Wildman–Crippen LogP) is 2.19. The van der Waals surface area contributed by atoms with Crippen LogP contribution < -0.4 is 10.6 Å². The summed E-state index contributed by atoms with van der Waals surface area (Å²) >= 11 is 0. The van der Waals surface area contributed by atoms with E-state index in [1.165, 1.54) is 12.5 Å². The molecule has 2 N–H and O–H groups in total. The van der Waals surface area contributed by atoms with Crippen LogP contribution in [0.5, 0.6) is 0 Å². The van der Waals surface area contributed by atoms with E-state index in [1.54, 1.807) is 18.2 Å². The fraction of sp³-hybridized carbons (Fsp3) is 0.619. The molecular formula is C21H31N3O4S. The second-order valence-corrected chi connectivity index (χ2v) is 10.5. The van der Waals surface area contributed by atoms with Gasteiger partial charge in [0.1, 0.15) is 0 Å². The Morgan fingerprint density at radius 1 is 1.10 bits per heavy atom. The summed E-state index contributed by atoms with van der Waals surface area (Å²) in [5.74, 6) is -0.831. The molecule has 1 heterocycles. The molecule has 1 aliphatic carbocycles. The predicted molar refractivity (Wildman–Crippen MR) is 112 cm³/mol. The van der Waals surface area contributed by atoms with Crippen molar-refractivity contribution >= 4 is 27.3 Å². The molecular weight excluding hydrogens is 390 g/mol. The maximum Gasteiger partial charge on any atom is 0.313 e. The van der Waals surface area contributed by atoms with Gasteiger partial charge in [-0.05, 0) is 56.3 Å². The normalized spacial score (nSPS) is 21.1. The van der Waals surface area contributed by atoms with Crippen LogP contribution in [-0.4, -0.2) is 56.6 Å². The molecule has 0 spiro atoms. The van der Waals surface area contributed by atoms with Crippen molar-refractivity contribution in [1.82, 2.24) is 10.2 Å². The molecule has 2 fully saturated rings. The maximum absolute atomic E-state index is 12.7. The molecule has 160 valence electrons. The fourth-order valence-corrected chi connectivity index (χ4v) is 6.13. The van der Waals surface area contributed by atoms with Gasteiger partial charge >= 0.3 is 11.8 Å². The molecule has 1 aliphatic heterocycles. The van der Waals surface area contributed by atoms with Crippen LogP contribution in [0.3, 0.4) is 0 Å². The van der Waals surface area contributed by atoms with Crippen LogP contribution >= 0.6 is 0 Å². The molecule has 0 unspecified atom stereocenters. The standard InChI is InChI=1S/C21H31N3O4S/c1-16-6-5-12-24(15-16)13-11-22-20(25)21(26)23-17-7-4-10-19(14-17)29(27,28)18-8-2-3-9-18/h4,7,10,14,16,18H,2-3,5-6,8-9,11-13,15H2,1H3,(H,22,25)(H,23,26)/t16-/m1/s1. The van der Waals surface area contributed by atoms with E-state index >= 15 is 0 Å². The smallest absolute Gasteiger partial charge is 0.313 e. The Bertz CT molecular complexity index is 834. The van der Waals surface area contributed by atoms with Crippen LogP contribution in [0.2, 0.25) is 0 Å². The zero-order valence-electron chi connectivity index (χ0n) is 17.0. The lowest BCUT2D eigenvalue weighted by molar-refractivity contribution is -0.136. The highest BCUT2D eigenvalue weighted by Crippen LogP contribution is 2.30. The Labute approximate surface area is 173 Å². The molecule has 2 amide bonds. The summed E-state index contributed by atoms with van der Waals surface area (Å²) in [4.78, 5) is 26.8. The third-order valence-corrected chi connectivity index (χ3v) is 8.08. The Morgan fingerprint density at radius 3 is 2.59 bits per heavy atom. The number of nitrogens with one attached hydrogen (secondary N) is 2. The molecule has 0 aromatic heterocycles. The summed E-state index contributed by atoms with van der Waals surface area (Å²) in [7, 11) is -3.41. The number of carbonyl (C=O) groups is 2. The molecule has 1 saturated heterocycles. The molecule has 0 radical (unpaired) electrons. The van der Waals surface area contributed by atoms with Gasteiger partial charge in [0.2, 0.25) is 0 Å². The van der Waals surface area contributed by atoms with E-state index in [-0.39, 0.29) is 10.1 Å². The monoisotopic (exact) mass is 421 g/mol. The van der Waals surface area contributed by atoms with E-state index in [0.717, 1.165) is 38.9 Å². The van der Waals surface area contributed by atoms with Gasteiger partial charge in [-0.1, -0.05) is 25.8 Å².